The van der Waals surface area contributed by atoms with Crippen LogP contribution in [-0.2, 0) is 0 Å². The molecule has 0 radical (unpaired) electrons. The first kappa shape index (κ1) is 18.7. The Labute approximate surface area is 158 Å². The van der Waals surface area contributed by atoms with E-state index in [1.165, 1.54) is 0 Å². The molecule has 0 saturated heterocycles. The van der Waals surface area contributed by atoms with E-state index in [4.69, 9.17) is 18.9 Å². The van der Waals surface area contributed by atoms with Gasteiger partial charge in [0.1, 0.15) is 0 Å². The monoisotopic (exact) mass is 456 g/mol. The molecular formula is C18H18Br2O4. The van der Waals surface area contributed by atoms with Crippen LogP contribution in [0, 0.1) is 0 Å². The molecule has 0 aliphatic heterocycles. The van der Waals surface area contributed by atoms with Gasteiger partial charge in [0.15, 0.2) is 23.0 Å². The fraction of sp³-hybridized carbons (Fsp3) is 0.222. The highest BCUT2D eigenvalue weighted by atomic mass is 79.9. The Bertz CT molecular complexity index is 695. The van der Waals surface area contributed by atoms with Crippen molar-refractivity contribution in [3.8, 4) is 23.0 Å². The molecule has 0 fully saturated rings. The third-order valence-electron chi connectivity index (χ3n) is 3.53. The van der Waals surface area contributed by atoms with E-state index in [9.17, 15) is 0 Å². The lowest BCUT2D eigenvalue weighted by Crippen LogP contribution is -1.96. The van der Waals surface area contributed by atoms with E-state index in [-0.39, 0.29) is 0 Å². The van der Waals surface area contributed by atoms with Gasteiger partial charge in [-0.05, 0) is 67.3 Å². The Balaban J connectivity index is 2.58. The molecule has 0 saturated carbocycles. The van der Waals surface area contributed by atoms with Crippen LogP contribution in [0.4, 0.5) is 0 Å². The van der Waals surface area contributed by atoms with E-state index in [1.54, 1.807) is 28.4 Å². The Morgan fingerprint density at radius 3 is 1.29 bits per heavy atom. The summed E-state index contributed by atoms with van der Waals surface area (Å²) in [7, 11) is 6.46. The quantitative estimate of drug-likeness (QED) is 0.595. The lowest BCUT2D eigenvalue weighted by atomic mass is 9.98. The van der Waals surface area contributed by atoms with Crippen LogP contribution in [0.3, 0.4) is 0 Å². The van der Waals surface area contributed by atoms with Gasteiger partial charge in [-0.15, -0.1) is 0 Å². The number of benzene rings is 2. The SMILES string of the molecule is COc1ccc(C(=C(Br)Br)c2ccc(OC)c(OC)c2)cc1OC. The van der Waals surface area contributed by atoms with Gasteiger partial charge in [0, 0.05) is 5.57 Å². The van der Waals surface area contributed by atoms with Gasteiger partial charge in [-0.3, -0.25) is 0 Å². The van der Waals surface area contributed by atoms with Gasteiger partial charge in [0.2, 0.25) is 0 Å². The van der Waals surface area contributed by atoms with E-state index >= 15 is 0 Å². The second-order valence-electron chi connectivity index (χ2n) is 4.77. The summed E-state index contributed by atoms with van der Waals surface area (Å²) in [5, 5.41) is 0. The van der Waals surface area contributed by atoms with Crippen molar-refractivity contribution >= 4 is 37.4 Å². The smallest absolute Gasteiger partial charge is 0.161 e. The minimum Gasteiger partial charge on any atom is -0.493 e. The fourth-order valence-electron chi connectivity index (χ4n) is 2.37. The molecule has 0 aliphatic rings. The second kappa shape index (κ2) is 8.44. The van der Waals surface area contributed by atoms with Gasteiger partial charge in [0.05, 0.1) is 31.8 Å². The first-order chi connectivity index (χ1) is 11.5. The van der Waals surface area contributed by atoms with Gasteiger partial charge in [0.25, 0.3) is 0 Å². The van der Waals surface area contributed by atoms with Gasteiger partial charge >= 0.3 is 0 Å². The summed E-state index contributed by atoms with van der Waals surface area (Å²) in [5.74, 6) is 2.68. The van der Waals surface area contributed by atoms with Crippen LogP contribution in [0.25, 0.3) is 5.57 Å². The lowest BCUT2D eigenvalue weighted by molar-refractivity contribution is 0.354. The zero-order valence-corrected chi connectivity index (χ0v) is 17.0. The summed E-state index contributed by atoms with van der Waals surface area (Å²) in [5.41, 5.74) is 2.88. The highest BCUT2D eigenvalue weighted by Crippen LogP contribution is 2.40. The molecule has 0 amide bonds. The summed E-state index contributed by atoms with van der Waals surface area (Å²) < 4.78 is 22.2. The Hall–Kier alpha value is -1.66. The molecule has 0 unspecified atom stereocenters. The zero-order chi connectivity index (χ0) is 17.7. The molecule has 0 N–H and O–H groups in total. The van der Waals surface area contributed by atoms with Crippen molar-refractivity contribution in [3.63, 3.8) is 0 Å². The molecule has 2 aromatic carbocycles. The van der Waals surface area contributed by atoms with Crippen molar-refractivity contribution in [2.24, 2.45) is 0 Å². The molecule has 0 aliphatic carbocycles. The maximum Gasteiger partial charge on any atom is 0.161 e. The molecule has 128 valence electrons. The van der Waals surface area contributed by atoms with Gasteiger partial charge in [-0.2, -0.15) is 0 Å². The van der Waals surface area contributed by atoms with Crippen LogP contribution in [-0.4, -0.2) is 28.4 Å². The molecule has 0 heterocycles. The summed E-state index contributed by atoms with van der Waals surface area (Å²) in [4.78, 5) is 0. The van der Waals surface area contributed by atoms with Gasteiger partial charge in [-0.1, -0.05) is 12.1 Å². The van der Waals surface area contributed by atoms with E-state index in [1.807, 2.05) is 36.4 Å². The van der Waals surface area contributed by atoms with Crippen molar-refractivity contribution in [2.45, 2.75) is 0 Å². The first-order valence-electron chi connectivity index (χ1n) is 7.05. The first-order valence-corrected chi connectivity index (χ1v) is 8.64. The molecule has 0 aromatic heterocycles. The molecule has 0 atom stereocenters. The van der Waals surface area contributed by atoms with Crippen molar-refractivity contribution in [1.82, 2.24) is 0 Å². The molecule has 2 aromatic rings. The number of hydrogen-bond donors (Lipinski definition) is 0. The highest BCUT2D eigenvalue weighted by molar-refractivity contribution is 9.28. The van der Waals surface area contributed by atoms with E-state index in [0.717, 1.165) is 20.1 Å². The number of ether oxygens (including phenoxy) is 4. The standard InChI is InChI=1S/C18H18Br2O4/c1-21-13-7-5-11(9-15(13)23-3)17(18(19)20)12-6-8-14(22-2)16(10-12)24-4/h5-10H,1-4H3. The topological polar surface area (TPSA) is 36.9 Å². The van der Waals surface area contributed by atoms with Crippen LogP contribution in [0.5, 0.6) is 23.0 Å². The van der Waals surface area contributed by atoms with E-state index in [2.05, 4.69) is 31.9 Å². The number of methoxy groups -OCH3 is 4. The average molecular weight is 458 g/mol. The molecule has 2 rings (SSSR count). The average Bonchev–Trinajstić information content (AvgIpc) is 2.61. The van der Waals surface area contributed by atoms with Crippen molar-refractivity contribution < 1.29 is 18.9 Å². The Morgan fingerprint density at radius 1 is 0.625 bits per heavy atom. The molecular weight excluding hydrogens is 440 g/mol. The third-order valence-corrected chi connectivity index (χ3v) is 4.33. The largest absolute Gasteiger partial charge is 0.493 e. The number of rotatable bonds is 6. The predicted octanol–water partition coefficient (Wildman–Crippen LogP) is 5.23. The summed E-state index contributed by atoms with van der Waals surface area (Å²) in [6.45, 7) is 0. The summed E-state index contributed by atoms with van der Waals surface area (Å²) in [6.07, 6.45) is 0. The van der Waals surface area contributed by atoms with Crippen LogP contribution in [0.15, 0.2) is 39.8 Å². The van der Waals surface area contributed by atoms with E-state index in [0.29, 0.717) is 23.0 Å². The second-order valence-corrected chi connectivity index (χ2v) is 7.43. The number of halogens is 2. The molecule has 4 nitrogen and oxygen atoms in total. The predicted molar refractivity (Wildman–Crippen MR) is 103 cm³/mol. The highest BCUT2D eigenvalue weighted by Gasteiger charge is 2.15. The van der Waals surface area contributed by atoms with Crippen LogP contribution < -0.4 is 18.9 Å². The normalized spacial score (nSPS) is 10.1. The zero-order valence-electron chi connectivity index (χ0n) is 13.9. The minimum absolute atomic E-state index is 0.661. The minimum atomic E-state index is 0.661. The van der Waals surface area contributed by atoms with E-state index < -0.39 is 0 Å². The van der Waals surface area contributed by atoms with Crippen LogP contribution in [0.2, 0.25) is 0 Å². The van der Waals surface area contributed by atoms with Crippen molar-refractivity contribution in [1.29, 1.82) is 0 Å². The molecule has 24 heavy (non-hydrogen) atoms. The Morgan fingerprint density at radius 2 is 1.00 bits per heavy atom. The summed E-state index contributed by atoms with van der Waals surface area (Å²) >= 11 is 7.06. The maximum absolute atomic E-state index is 5.40. The van der Waals surface area contributed by atoms with Crippen LogP contribution >= 0.6 is 31.9 Å². The Kier molecular flexibility index (Phi) is 6.57. The summed E-state index contributed by atoms with van der Waals surface area (Å²) in [6, 6.07) is 11.5. The number of hydrogen-bond acceptors (Lipinski definition) is 4. The van der Waals surface area contributed by atoms with Crippen molar-refractivity contribution in [3.05, 3.63) is 50.9 Å². The molecule has 0 spiro atoms. The molecule has 0 bridgehead atoms. The lowest BCUT2D eigenvalue weighted by Gasteiger charge is -2.15. The molecule has 6 heteroatoms. The van der Waals surface area contributed by atoms with Crippen LogP contribution in [0.1, 0.15) is 11.1 Å². The maximum atomic E-state index is 5.40. The van der Waals surface area contributed by atoms with Crippen molar-refractivity contribution in [2.75, 3.05) is 28.4 Å². The van der Waals surface area contributed by atoms with Gasteiger partial charge in [-0.25, -0.2) is 0 Å². The van der Waals surface area contributed by atoms with Gasteiger partial charge < -0.3 is 18.9 Å². The fourth-order valence-corrected chi connectivity index (χ4v) is 3.28. The third kappa shape index (κ3) is 3.87.